The first-order valence-corrected chi connectivity index (χ1v) is 7.17. The minimum atomic E-state index is -0.744. The molecule has 3 saturated heterocycles. The van der Waals surface area contributed by atoms with Gasteiger partial charge in [-0.1, -0.05) is 0 Å². The Morgan fingerprint density at radius 1 is 0.952 bits per heavy atom. The van der Waals surface area contributed by atoms with Gasteiger partial charge in [0, 0.05) is 6.92 Å². The number of hydrogen-bond donors (Lipinski definition) is 0. The number of carbonyl (C=O) groups excluding carboxylic acids is 1. The zero-order chi connectivity index (χ0) is 15.4. The lowest BCUT2D eigenvalue weighted by atomic mass is 9.99. The predicted molar refractivity (Wildman–Crippen MR) is 69.2 cm³/mol. The zero-order valence-corrected chi connectivity index (χ0v) is 13.0. The third kappa shape index (κ3) is 2.93. The lowest BCUT2D eigenvalue weighted by Gasteiger charge is -2.36. The van der Waals surface area contributed by atoms with Crippen molar-refractivity contribution in [1.29, 1.82) is 0 Å². The van der Waals surface area contributed by atoms with E-state index >= 15 is 0 Å². The minimum absolute atomic E-state index is 0.100. The highest BCUT2D eigenvalue weighted by Gasteiger charge is 2.60. The van der Waals surface area contributed by atoms with Crippen molar-refractivity contribution in [2.24, 2.45) is 0 Å². The molecule has 0 aromatic heterocycles. The number of rotatable bonds is 2. The molecular formula is C14H22O7. The first-order chi connectivity index (χ1) is 9.67. The molecule has 120 valence electrons. The van der Waals surface area contributed by atoms with Gasteiger partial charge in [0.15, 0.2) is 17.9 Å². The molecule has 0 bridgehead atoms. The van der Waals surface area contributed by atoms with Crippen LogP contribution >= 0.6 is 0 Å². The Bertz CT molecular complexity index is 433. The van der Waals surface area contributed by atoms with Crippen molar-refractivity contribution in [2.75, 3.05) is 6.61 Å². The normalized spacial score (nSPS) is 43.2. The monoisotopic (exact) mass is 302 g/mol. The third-order valence-electron chi connectivity index (χ3n) is 3.70. The van der Waals surface area contributed by atoms with Gasteiger partial charge in [-0.3, -0.25) is 4.79 Å². The topological polar surface area (TPSA) is 72.5 Å². The van der Waals surface area contributed by atoms with Crippen molar-refractivity contribution >= 4 is 5.97 Å². The van der Waals surface area contributed by atoms with Crippen LogP contribution < -0.4 is 0 Å². The highest BCUT2D eigenvalue weighted by Crippen LogP contribution is 2.44. The second kappa shape index (κ2) is 4.89. The fraction of sp³-hybridized carbons (Fsp3) is 0.929. The molecule has 3 aliphatic rings. The average molecular weight is 302 g/mol. The van der Waals surface area contributed by atoms with Crippen molar-refractivity contribution in [3.05, 3.63) is 0 Å². The number of carbonyl (C=O) groups is 1. The standard InChI is InChI=1S/C14H22O7/c1-7(15)16-6-8-9-10(19-13(2,3)18-9)11-12(17-8)21-14(4,5)20-11/h8-12H,6H2,1-5H3/t8-,9+,10?,11-,12-/m1/s1. The van der Waals surface area contributed by atoms with Gasteiger partial charge in [-0.25, -0.2) is 0 Å². The van der Waals surface area contributed by atoms with E-state index in [0.717, 1.165) is 0 Å². The van der Waals surface area contributed by atoms with Crippen LogP contribution in [-0.2, 0) is 33.2 Å². The average Bonchev–Trinajstić information content (AvgIpc) is 2.80. The maximum absolute atomic E-state index is 11.0. The van der Waals surface area contributed by atoms with Gasteiger partial charge in [-0.15, -0.1) is 0 Å². The lowest BCUT2D eigenvalue weighted by molar-refractivity contribution is -0.242. The summed E-state index contributed by atoms with van der Waals surface area (Å²) in [5.41, 5.74) is 0. The molecule has 0 saturated carbocycles. The fourth-order valence-electron chi connectivity index (χ4n) is 3.03. The summed E-state index contributed by atoms with van der Waals surface area (Å²) in [6.45, 7) is 8.78. The third-order valence-corrected chi connectivity index (χ3v) is 3.70. The molecule has 5 atom stereocenters. The first kappa shape index (κ1) is 15.2. The number of esters is 1. The summed E-state index contributed by atoms with van der Waals surface area (Å²) in [6.07, 6.45) is -2.04. The van der Waals surface area contributed by atoms with Gasteiger partial charge in [0.1, 0.15) is 31.0 Å². The highest BCUT2D eigenvalue weighted by atomic mass is 16.9. The van der Waals surface area contributed by atoms with Crippen LogP contribution in [0.4, 0.5) is 0 Å². The molecule has 3 fully saturated rings. The van der Waals surface area contributed by atoms with Gasteiger partial charge in [-0.05, 0) is 27.7 Å². The molecule has 1 unspecified atom stereocenters. The molecule has 7 heteroatoms. The van der Waals surface area contributed by atoms with Gasteiger partial charge in [0.2, 0.25) is 0 Å². The molecule has 21 heavy (non-hydrogen) atoms. The van der Waals surface area contributed by atoms with Crippen molar-refractivity contribution in [2.45, 2.75) is 76.9 Å². The van der Waals surface area contributed by atoms with Gasteiger partial charge >= 0.3 is 5.97 Å². The van der Waals surface area contributed by atoms with Gasteiger partial charge in [0.05, 0.1) is 0 Å². The highest BCUT2D eigenvalue weighted by molar-refractivity contribution is 5.65. The summed E-state index contributed by atoms with van der Waals surface area (Å²) < 4.78 is 34.4. The van der Waals surface area contributed by atoms with Crippen molar-refractivity contribution in [3.63, 3.8) is 0 Å². The summed E-state index contributed by atoms with van der Waals surface area (Å²) in [5, 5.41) is 0. The van der Waals surface area contributed by atoms with E-state index < -0.39 is 24.0 Å². The number of ether oxygens (including phenoxy) is 6. The Kier molecular flexibility index (Phi) is 3.53. The van der Waals surface area contributed by atoms with Gasteiger partial charge in [0.25, 0.3) is 0 Å². The number of fused-ring (bicyclic) bond motifs is 3. The van der Waals surface area contributed by atoms with E-state index in [1.807, 2.05) is 27.7 Å². The van der Waals surface area contributed by atoms with E-state index in [9.17, 15) is 4.79 Å². The number of hydrogen-bond acceptors (Lipinski definition) is 7. The fourth-order valence-corrected chi connectivity index (χ4v) is 3.03. The molecule has 0 aromatic carbocycles. The van der Waals surface area contributed by atoms with Gasteiger partial charge < -0.3 is 28.4 Å². The summed E-state index contributed by atoms with van der Waals surface area (Å²) in [6, 6.07) is 0. The van der Waals surface area contributed by atoms with E-state index in [-0.39, 0.29) is 30.9 Å². The van der Waals surface area contributed by atoms with Crippen LogP contribution in [0.2, 0.25) is 0 Å². The molecule has 0 N–H and O–H groups in total. The van der Waals surface area contributed by atoms with Crippen LogP contribution in [0.3, 0.4) is 0 Å². The second-order valence-corrected chi connectivity index (χ2v) is 6.51. The summed E-state index contributed by atoms with van der Waals surface area (Å²) in [4.78, 5) is 11.0. The Morgan fingerprint density at radius 2 is 1.52 bits per heavy atom. The molecule has 7 nitrogen and oxygen atoms in total. The Balaban J connectivity index is 1.80. The molecule has 0 spiro atoms. The van der Waals surface area contributed by atoms with Crippen LogP contribution in [0.1, 0.15) is 34.6 Å². The largest absolute Gasteiger partial charge is 0.463 e. The van der Waals surface area contributed by atoms with Crippen LogP contribution in [0.15, 0.2) is 0 Å². The maximum atomic E-state index is 11.0. The summed E-state index contributed by atoms with van der Waals surface area (Å²) >= 11 is 0. The van der Waals surface area contributed by atoms with Crippen LogP contribution in [0.25, 0.3) is 0 Å². The van der Waals surface area contributed by atoms with Crippen LogP contribution in [0, 0.1) is 0 Å². The molecule has 0 radical (unpaired) electrons. The smallest absolute Gasteiger partial charge is 0.302 e. The summed E-state index contributed by atoms with van der Waals surface area (Å²) in [7, 11) is 0. The minimum Gasteiger partial charge on any atom is -0.463 e. The Labute approximate surface area is 123 Å². The molecule has 3 heterocycles. The maximum Gasteiger partial charge on any atom is 0.302 e. The second-order valence-electron chi connectivity index (χ2n) is 6.51. The lowest BCUT2D eigenvalue weighted by Crippen LogP contribution is -2.56. The van der Waals surface area contributed by atoms with Crippen LogP contribution in [0.5, 0.6) is 0 Å². The van der Waals surface area contributed by atoms with Crippen molar-refractivity contribution in [3.8, 4) is 0 Å². The zero-order valence-electron chi connectivity index (χ0n) is 13.0. The molecule has 0 aliphatic carbocycles. The van der Waals surface area contributed by atoms with E-state index in [4.69, 9.17) is 28.4 Å². The SMILES string of the molecule is CC(=O)OC[C@H]1O[C@@H]2OC(C)(C)O[C@@H]2C2OC(C)(C)O[C@H]21. The molecule has 0 amide bonds. The van der Waals surface area contributed by atoms with Crippen LogP contribution in [-0.4, -0.2) is 54.9 Å². The summed E-state index contributed by atoms with van der Waals surface area (Å²) in [5.74, 6) is -1.84. The first-order valence-electron chi connectivity index (χ1n) is 7.17. The molecule has 0 aromatic rings. The van der Waals surface area contributed by atoms with E-state index in [2.05, 4.69) is 0 Å². The Morgan fingerprint density at radius 3 is 2.19 bits per heavy atom. The van der Waals surface area contributed by atoms with Crippen molar-refractivity contribution in [1.82, 2.24) is 0 Å². The molecular weight excluding hydrogens is 280 g/mol. The Hall–Kier alpha value is -0.730. The van der Waals surface area contributed by atoms with Gasteiger partial charge in [-0.2, -0.15) is 0 Å². The van der Waals surface area contributed by atoms with E-state index in [1.54, 1.807) is 0 Å². The molecule has 3 rings (SSSR count). The quantitative estimate of drug-likeness (QED) is 0.703. The van der Waals surface area contributed by atoms with Crippen molar-refractivity contribution < 1.29 is 33.2 Å². The van der Waals surface area contributed by atoms with E-state index in [0.29, 0.717) is 0 Å². The predicted octanol–water partition coefficient (Wildman–Crippen LogP) is 0.946. The molecule has 3 aliphatic heterocycles. The van der Waals surface area contributed by atoms with E-state index in [1.165, 1.54) is 6.92 Å².